The van der Waals surface area contributed by atoms with Crippen LogP contribution in [0.4, 0.5) is 0 Å². The number of rotatable bonds is 2. The normalized spacial score (nSPS) is 18.7. The summed E-state index contributed by atoms with van der Waals surface area (Å²) in [5, 5.41) is 1.30. The van der Waals surface area contributed by atoms with Crippen molar-refractivity contribution in [1.29, 1.82) is 0 Å². The van der Waals surface area contributed by atoms with Crippen molar-refractivity contribution in [2.45, 2.75) is 31.7 Å². The van der Waals surface area contributed by atoms with Crippen molar-refractivity contribution in [3.05, 3.63) is 0 Å². The summed E-state index contributed by atoms with van der Waals surface area (Å²) in [6.45, 7) is 0.0208. The second-order valence-electron chi connectivity index (χ2n) is 2.94. The van der Waals surface area contributed by atoms with E-state index in [1.807, 2.05) is 0 Å². The van der Waals surface area contributed by atoms with E-state index < -0.39 is 0 Å². The van der Waals surface area contributed by atoms with Crippen molar-refractivity contribution in [3.63, 3.8) is 0 Å². The van der Waals surface area contributed by atoms with E-state index in [1.54, 1.807) is 0 Å². The van der Waals surface area contributed by atoms with Gasteiger partial charge in [0.15, 0.2) is 0 Å². The monoisotopic (exact) mass is 157 g/mol. The first-order chi connectivity index (χ1) is 5.25. The zero-order chi connectivity index (χ0) is 8.27. The lowest BCUT2D eigenvalue weighted by Crippen LogP contribution is -2.47. The van der Waals surface area contributed by atoms with Crippen LogP contribution in [0.15, 0.2) is 0 Å². The largest absolute Gasteiger partial charge is 0.322 e. The predicted molar refractivity (Wildman–Crippen MR) is 42.3 cm³/mol. The van der Waals surface area contributed by atoms with Gasteiger partial charge in [-0.3, -0.25) is 9.80 Å². The number of nitrogens with two attached hydrogens (primary N) is 2. The van der Waals surface area contributed by atoms with Crippen LogP contribution < -0.4 is 11.6 Å². The lowest BCUT2D eigenvalue weighted by Gasteiger charge is -2.22. The third-order valence-corrected chi connectivity index (χ3v) is 2.18. The van der Waals surface area contributed by atoms with Crippen molar-refractivity contribution < 1.29 is 4.79 Å². The van der Waals surface area contributed by atoms with Crippen LogP contribution in [0.25, 0.3) is 0 Å². The highest BCUT2D eigenvalue weighted by atomic mass is 16.2. The van der Waals surface area contributed by atoms with Crippen molar-refractivity contribution in [3.8, 4) is 0 Å². The van der Waals surface area contributed by atoms with Gasteiger partial charge < -0.3 is 5.73 Å². The molecular formula is C7H15N3O. The Morgan fingerprint density at radius 1 is 1.45 bits per heavy atom. The number of carbonyl (C=O) groups excluding carboxylic acids is 1. The zero-order valence-corrected chi connectivity index (χ0v) is 6.62. The van der Waals surface area contributed by atoms with E-state index in [0.717, 1.165) is 12.8 Å². The fourth-order valence-electron chi connectivity index (χ4n) is 1.49. The first-order valence-electron chi connectivity index (χ1n) is 4.02. The third kappa shape index (κ3) is 1.91. The summed E-state index contributed by atoms with van der Waals surface area (Å²) in [7, 11) is 0. The van der Waals surface area contributed by atoms with E-state index in [9.17, 15) is 4.79 Å². The highest BCUT2D eigenvalue weighted by molar-refractivity contribution is 5.77. The Bertz CT molecular complexity index is 143. The number of amides is 1. The minimum atomic E-state index is -0.156. The Labute approximate surface area is 66.5 Å². The van der Waals surface area contributed by atoms with Crippen LogP contribution in [0.5, 0.6) is 0 Å². The summed E-state index contributed by atoms with van der Waals surface area (Å²) in [5.74, 6) is 5.38. The average Bonchev–Trinajstić information content (AvgIpc) is 2.53. The zero-order valence-electron chi connectivity index (χ0n) is 6.62. The number of hydrogen-bond donors (Lipinski definition) is 2. The van der Waals surface area contributed by atoms with Gasteiger partial charge >= 0.3 is 0 Å². The van der Waals surface area contributed by atoms with Crippen LogP contribution in [0.2, 0.25) is 0 Å². The molecule has 64 valence electrons. The first kappa shape index (κ1) is 8.49. The molecule has 0 heterocycles. The predicted octanol–water partition coefficient (Wildman–Crippen LogP) is -0.410. The molecule has 0 aromatic carbocycles. The lowest BCUT2D eigenvalue weighted by atomic mass is 10.2. The van der Waals surface area contributed by atoms with Crippen LogP contribution in [0.3, 0.4) is 0 Å². The molecule has 0 aliphatic heterocycles. The van der Waals surface area contributed by atoms with E-state index >= 15 is 0 Å². The fourth-order valence-corrected chi connectivity index (χ4v) is 1.49. The van der Waals surface area contributed by atoms with Gasteiger partial charge in [0.1, 0.15) is 0 Å². The topological polar surface area (TPSA) is 72.4 Å². The van der Waals surface area contributed by atoms with Gasteiger partial charge in [-0.1, -0.05) is 12.8 Å². The summed E-state index contributed by atoms with van der Waals surface area (Å²) in [4.78, 5) is 11.0. The fraction of sp³-hybridized carbons (Fsp3) is 0.857. The smallest absolute Gasteiger partial charge is 0.250 e. The molecule has 0 atom stereocenters. The summed E-state index contributed by atoms with van der Waals surface area (Å²) in [6.07, 6.45) is 4.41. The molecule has 0 saturated heterocycles. The van der Waals surface area contributed by atoms with Crippen LogP contribution in [-0.2, 0) is 4.79 Å². The van der Waals surface area contributed by atoms with Gasteiger partial charge in [-0.2, -0.15) is 0 Å². The molecule has 0 bridgehead atoms. The van der Waals surface area contributed by atoms with E-state index in [0.29, 0.717) is 0 Å². The summed E-state index contributed by atoms with van der Waals surface area (Å²) in [5.41, 5.74) is 5.17. The van der Waals surface area contributed by atoms with E-state index in [1.165, 1.54) is 17.9 Å². The van der Waals surface area contributed by atoms with Gasteiger partial charge in [-0.15, -0.1) is 0 Å². The molecule has 1 rings (SSSR count). The molecule has 0 aromatic rings. The minimum Gasteiger partial charge on any atom is -0.322 e. The Kier molecular flexibility index (Phi) is 2.84. The highest BCUT2D eigenvalue weighted by Gasteiger charge is 2.22. The van der Waals surface area contributed by atoms with Crippen molar-refractivity contribution >= 4 is 5.91 Å². The lowest BCUT2D eigenvalue weighted by molar-refractivity contribution is -0.132. The Hall–Kier alpha value is -0.610. The van der Waals surface area contributed by atoms with Crippen molar-refractivity contribution in [1.82, 2.24) is 5.01 Å². The number of hydrogen-bond acceptors (Lipinski definition) is 3. The molecule has 0 radical (unpaired) electrons. The highest BCUT2D eigenvalue weighted by Crippen LogP contribution is 2.21. The molecule has 0 aromatic heterocycles. The molecule has 1 aliphatic carbocycles. The number of carbonyl (C=O) groups is 1. The third-order valence-electron chi connectivity index (χ3n) is 2.18. The maximum atomic E-state index is 11.0. The molecule has 1 aliphatic rings. The molecule has 11 heavy (non-hydrogen) atoms. The first-order valence-corrected chi connectivity index (χ1v) is 4.02. The molecule has 0 spiro atoms. The SMILES string of the molecule is NCC(=O)N(N)C1CCCC1. The number of nitrogens with zero attached hydrogens (tertiary/aromatic N) is 1. The van der Waals surface area contributed by atoms with Gasteiger partial charge in [-0.05, 0) is 12.8 Å². The molecule has 1 saturated carbocycles. The molecule has 4 heteroatoms. The van der Waals surface area contributed by atoms with Gasteiger partial charge in [0.2, 0.25) is 5.91 Å². The molecule has 0 unspecified atom stereocenters. The van der Waals surface area contributed by atoms with Crippen molar-refractivity contribution in [2.75, 3.05) is 6.54 Å². The molecule has 1 amide bonds. The maximum Gasteiger partial charge on any atom is 0.250 e. The van der Waals surface area contributed by atoms with Crippen LogP contribution in [0, 0.1) is 0 Å². The van der Waals surface area contributed by atoms with Crippen LogP contribution >= 0.6 is 0 Å². The number of hydrazine groups is 1. The maximum absolute atomic E-state index is 11.0. The molecule has 1 fully saturated rings. The van der Waals surface area contributed by atoms with Gasteiger partial charge in [0.05, 0.1) is 6.54 Å². The minimum absolute atomic E-state index is 0.0208. The van der Waals surface area contributed by atoms with Gasteiger partial charge in [-0.25, -0.2) is 5.84 Å². The summed E-state index contributed by atoms with van der Waals surface area (Å²) in [6, 6.07) is 0.242. The van der Waals surface area contributed by atoms with Crippen molar-refractivity contribution in [2.24, 2.45) is 11.6 Å². The summed E-state index contributed by atoms with van der Waals surface area (Å²) < 4.78 is 0. The summed E-state index contributed by atoms with van der Waals surface area (Å²) >= 11 is 0. The Balaban J connectivity index is 2.39. The quantitative estimate of drug-likeness (QED) is 0.325. The second-order valence-corrected chi connectivity index (χ2v) is 2.94. The average molecular weight is 157 g/mol. The van der Waals surface area contributed by atoms with Gasteiger partial charge in [0, 0.05) is 6.04 Å². The van der Waals surface area contributed by atoms with E-state index in [-0.39, 0.29) is 18.5 Å². The van der Waals surface area contributed by atoms with E-state index in [2.05, 4.69) is 0 Å². The van der Waals surface area contributed by atoms with Crippen LogP contribution in [0.1, 0.15) is 25.7 Å². The second kappa shape index (κ2) is 3.69. The standard InChI is InChI=1S/C7H15N3O/c8-5-7(11)10(9)6-3-1-2-4-6/h6H,1-5,8-9H2. The van der Waals surface area contributed by atoms with Crippen LogP contribution in [-0.4, -0.2) is 23.5 Å². The Morgan fingerprint density at radius 2 is 2.00 bits per heavy atom. The van der Waals surface area contributed by atoms with E-state index in [4.69, 9.17) is 11.6 Å². The molecule has 4 nitrogen and oxygen atoms in total. The molecular weight excluding hydrogens is 142 g/mol. The van der Waals surface area contributed by atoms with Gasteiger partial charge in [0.25, 0.3) is 0 Å². The Morgan fingerprint density at radius 3 is 2.45 bits per heavy atom. The molecule has 4 N–H and O–H groups in total.